The number of sulfone groups is 1. The Hall–Kier alpha value is -2.54. The van der Waals surface area contributed by atoms with Crippen molar-refractivity contribution >= 4 is 21.4 Å². The highest BCUT2D eigenvalue weighted by Gasteiger charge is 2.14. The van der Waals surface area contributed by atoms with Crippen LogP contribution in [0.4, 0.5) is 5.69 Å². The van der Waals surface area contributed by atoms with E-state index in [1.807, 2.05) is 38.1 Å². The van der Waals surface area contributed by atoms with Crippen LogP contribution in [0.15, 0.2) is 47.4 Å². The summed E-state index contributed by atoms with van der Waals surface area (Å²) < 4.78 is 28.7. The zero-order valence-corrected chi connectivity index (χ0v) is 16.2. The van der Waals surface area contributed by atoms with Gasteiger partial charge in [-0.25, -0.2) is 8.42 Å². The van der Waals surface area contributed by atoms with E-state index in [0.29, 0.717) is 11.4 Å². The first-order valence-electron chi connectivity index (χ1n) is 8.19. The highest BCUT2D eigenvalue weighted by Crippen LogP contribution is 2.24. The molecule has 1 amide bonds. The number of rotatable bonds is 7. The van der Waals surface area contributed by atoms with Crippen LogP contribution in [0, 0.1) is 6.92 Å². The van der Waals surface area contributed by atoms with Gasteiger partial charge in [0.05, 0.1) is 24.6 Å². The van der Waals surface area contributed by atoms with Crippen LogP contribution < -0.4 is 15.4 Å². The number of benzene rings is 2. The molecule has 0 aliphatic rings. The molecule has 2 N–H and O–H groups in total. The van der Waals surface area contributed by atoms with E-state index >= 15 is 0 Å². The Morgan fingerprint density at radius 3 is 2.54 bits per heavy atom. The molecule has 0 saturated heterocycles. The molecule has 140 valence electrons. The van der Waals surface area contributed by atoms with E-state index in [9.17, 15) is 13.2 Å². The van der Waals surface area contributed by atoms with Gasteiger partial charge in [0.25, 0.3) is 0 Å². The van der Waals surface area contributed by atoms with E-state index in [0.717, 1.165) is 17.4 Å². The Kier molecular flexibility index (Phi) is 6.26. The summed E-state index contributed by atoms with van der Waals surface area (Å²) in [6.45, 7) is 3.77. The Morgan fingerprint density at radius 1 is 1.19 bits per heavy atom. The summed E-state index contributed by atoms with van der Waals surface area (Å²) in [7, 11) is -1.71. The van der Waals surface area contributed by atoms with Gasteiger partial charge in [-0.15, -0.1) is 0 Å². The first-order valence-corrected chi connectivity index (χ1v) is 10.1. The van der Waals surface area contributed by atoms with Gasteiger partial charge < -0.3 is 15.4 Å². The molecular formula is C19H24N2O4S. The standard InChI is InChI=1S/C19H24N2O4S/c1-13-9-10-15(26(4,23)24)11-17(13)20-12-19(22)21-14(2)16-7-5-6-8-18(16)25-3/h5-11,14,20H,12H2,1-4H3,(H,21,22)/t14-/m0/s1. The summed E-state index contributed by atoms with van der Waals surface area (Å²) >= 11 is 0. The lowest BCUT2D eigenvalue weighted by Crippen LogP contribution is -2.32. The highest BCUT2D eigenvalue weighted by atomic mass is 32.2. The average Bonchev–Trinajstić information content (AvgIpc) is 2.59. The first-order chi connectivity index (χ1) is 12.2. The number of methoxy groups -OCH3 is 1. The molecule has 0 aliphatic carbocycles. The van der Waals surface area contributed by atoms with Crippen molar-refractivity contribution in [2.45, 2.75) is 24.8 Å². The van der Waals surface area contributed by atoms with E-state index in [2.05, 4.69) is 10.6 Å². The van der Waals surface area contributed by atoms with Crippen LogP contribution in [0.2, 0.25) is 0 Å². The summed E-state index contributed by atoms with van der Waals surface area (Å²) in [5, 5.41) is 5.91. The second-order valence-corrected chi connectivity index (χ2v) is 8.15. The molecule has 1 atom stereocenters. The van der Waals surface area contributed by atoms with Crippen LogP contribution in [0.3, 0.4) is 0 Å². The van der Waals surface area contributed by atoms with Crippen LogP contribution in [0.5, 0.6) is 5.75 Å². The van der Waals surface area contributed by atoms with Crippen molar-refractivity contribution in [1.82, 2.24) is 5.32 Å². The second-order valence-electron chi connectivity index (χ2n) is 6.13. The molecule has 2 aromatic carbocycles. The summed E-state index contributed by atoms with van der Waals surface area (Å²) in [6.07, 6.45) is 1.16. The van der Waals surface area contributed by atoms with Gasteiger partial charge in [-0.2, -0.15) is 0 Å². The third-order valence-electron chi connectivity index (χ3n) is 4.06. The largest absolute Gasteiger partial charge is 0.496 e. The number of hydrogen-bond donors (Lipinski definition) is 2. The first kappa shape index (κ1) is 19.8. The maximum atomic E-state index is 12.3. The van der Waals surface area contributed by atoms with Crippen molar-refractivity contribution in [1.29, 1.82) is 0 Å². The van der Waals surface area contributed by atoms with Gasteiger partial charge in [0.1, 0.15) is 5.75 Å². The quantitative estimate of drug-likeness (QED) is 0.776. The zero-order chi connectivity index (χ0) is 19.3. The maximum absolute atomic E-state index is 12.3. The smallest absolute Gasteiger partial charge is 0.239 e. The monoisotopic (exact) mass is 376 g/mol. The topological polar surface area (TPSA) is 84.5 Å². The number of para-hydroxylation sites is 1. The van der Waals surface area contributed by atoms with Gasteiger partial charge >= 0.3 is 0 Å². The molecule has 0 radical (unpaired) electrons. The third-order valence-corrected chi connectivity index (χ3v) is 5.17. The van der Waals surface area contributed by atoms with Crippen LogP contribution in [-0.4, -0.2) is 34.2 Å². The van der Waals surface area contributed by atoms with Crippen LogP contribution in [0.1, 0.15) is 24.1 Å². The van der Waals surface area contributed by atoms with Crippen LogP contribution in [-0.2, 0) is 14.6 Å². The molecule has 0 aromatic heterocycles. The predicted molar refractivity (Wildman–Crippen MR) is 102 cm³/mol. The fourth-order valence-corrected chi connectivity index (χ4v) is 3.24. The highest BCUT2D eigenvalue weighted by molar-refractivity contribution is 7.90. The van der Waals surface area contributed by atoms with Crippen LogP contribution in [0.25, 0.3) is 0 Å². The normalized spacial score (nSPS) is 12.3. The minimum absolute atomic E-state index is 0.0353. The summed E-state index contributed by atoms with van der Waals surface area (Å²) in [6, 6.07) is 12.1. The van der Waals surface area contributed by atoms with Crippen molar-refractivity contribution in [3.8, 4) is 5.75 Å². The maximum Gasteiger partial charge on any atom is 0.239 e. The molecule has 26 heavy (non-hydrogen) atoms. The molecule has 0 bridgehead atoms. The lowest BCUT2D eigenvalue weighted by Gasteiger charge is -2.18. The van der Waals surface area contributed by atoms with E-state index in [-0.39, 0.29) is 23.4 Å². The minimum Gasteiger partial charge on any atom is -0.496 e. The Bertz CT molecular complexity index is 894. The third kappa shape index (κ3) is 4.98. The molecule has 0 saturated carbocycles. The van der Waals surface area contributed by atoms with Crippen molar-refractivity contribution in [2.75, 3.05) is 25.2 Å². The predicted octanol–water partition coefficient (Wildman–Crippen LogP) is 2.70. The molecular weight excluding hydrogens is 352 g/mol. The molecule has 0 aliphatic heterocycles. The number of aryl methyl sites for hydroxylation is 1. The van der Waals surface area contributed by atoms with E-state index in [4.69, 9.17) is 4.74 Å². The van der Waals surface area contributed by atoms with Crippen molar-refractivity contribution in [3.05, 3.63) is 53.6 Å². The molecule has 0 spiro atoms. The lowest BCUT2D eigenvalue weighted by molar-refractivity contribution is -0.120. The minimum atomic E-state index is -3.30. The van der Waals surface area contributed by atoms with Gasteiger partial charge in [-0.1, -0.05) is 24.3 Å². The molecule has 2 aromatic rings. The molecule has 0 fully saturated rings. The average molecular weight is 376 g/mol. The Balaban J connectivity index is 2.03. The van der Waals surface area contributed by atoms with E-state index < -0.39 is 9.84 Å². The van der Waals surface area contributed by atoms with Crippen LogP contribution >= 0.6 is 0 Å². The summed E-state index contributed by atoms with van der Waals surface area (Å²) in [4.78, 5) is 12.5. The molecule has 0 heterocycles. The van der Waals surface area contributed by atoms with Gasteiger partial charge in [0.2, 0.25) is 5.91 Å². The number of carbonyl (C=O) groups excluding carboxylic acids is 1. The van der Waals surface area contributed by atoms with E-state index in [1.165, 1.54) is 0 Å². The Labute approximate surface area is 154 Å². The molecule has 2 rings (SSSR count). The zero-order valence-electron chi connectivity index (χ0n) is 15.4. The Morgan fingerprint density at radius 2 is 1.88 bits per heavy atom. The fourth-order valence-electron chi connectivity index (χ4n) is 2.59. The molecule has 6 nitrogen and oxygen atoms in total. The molecule has 7 heteroatoms. The fraction of sp³-hybridized carbons (Fsp3) is 0.316. The number of carbonyl (C=O) groups is 1. The van der Waals surface area contributed by atoms with Crippen molar-refractivity contribution in [2.24, 2.45) is 0 Å². The molecule has 0 unspecified atom stereocenters. The number of hydrogen-bond acceptors (Lipinski definition) is 5. The SMILES string of the molecule is COc1ccccc1[C@H](C)NC(=O)CNc1cc(S(C)(=O)=O)ccc1C. The van der Waals surface area contributed by atoms with E-state index in [1.54, 1.807) is 25.3 Å². The summed E-state index contributed by atoms with van der Waals surface area (Å²) in [5.41, 5.74) is 2.37. The van der Waals surface area contributed by atoms with Crippen molar-refractivity contribution in [3.63, 3.8) is 0 Å². The van der Waals surface area contributed by atoms with Gasteiger partial charge in [-0.05, 0) is 37.6 Å². The number of anilines is 1. The second kappa shape index (κ2) is 8.23. The van der Waals surface area contributed by atoms with Gasteiger partial charge in [0, 0.05) is 17.5 Å². The van der Waals surface area contributed by atoms with Gasteiger partial charge in [0.15, 0.2) is 9.84 Å². The number of nitrogens with one attached hydrogen (secondary N) is 2. The number of ether oxygens (including phenoxy) is 1. The lowest BCUT2D eigenvalue weighted by atomic mass is 10.1. The summed E-state index contributed by atoms with van der Waals surface area (Å²) in [5.74, 6) is 0.512. The van der Waals surface area contributed by atoms with Gasteiger partial charge in [-0.3, -0.25) is 4.79 Å². The van der Waals surface area contributed by atoms with Crippen molar-refractivity contribution < 1.29 is 17.9 Å². The number of amides is 1.